The zero-order chi connectivity index (χ0) is 13.5. The van der Waals surface area contributed by atoms with Crippen molar-refractivity contribution >= 4 is 15.9 Å². The summed E-state index contributed by atoms with van der Waals surface area (Å²) in [6.45, 7) is 1.85. The lowest BCUT2D eigenvalue weighted by Gasteiger charge is -2.19. The SMILES string of the molecule is COc1ccc(C(CO)NCCN(C)C)cc1Br. The third-order valence-corrected chi connectivity index (χ3v) is 3.33. The summed E-state index contributed by atoms with van der Waals surface area (Å²) in [5, 5.41) is 12.8. The van der Waals surface area contributed by atoms with E-state index in [0.29, 0.717) is 0 Å². The number of hydrogen-bond acceptors (Lipinski definition) is 4. The number of aliphatic hydroxyl groups is 1. The normalized spacial score (nSPS) is 12.8. The molecule has 18 heavy (non-hydrogen) atoms. The van der Waals surface area contributed by atoms with E-state index in [4.69, 9.17) is 4.74 Å². The molecule has 0 radical (unpaired) electrons. The van der Waals surface area contributed by atoms with Gasteiger partial charge in [-0.3, -0.25) is 0 Å². The molecule has 0 aliphatic rings. The first-order valence-corrected chi connectivity index (χ1v) is 6.70. The van der Waals surface area contributed by atoms with E-state index in [1.54, 1.807) is 7.11 Å². The Hall–Kier alpha value is -0.620. The third-order valence-electron chi connectivity index (χ3n) is 2.71. The Labute approximate surface area is 117 Å². The Kier molecular flexibility index (Phi) is 6.63. The van der Waals surface area contributed by atoms with Crippen molar-refractivity contribution in [2.45, 2.75) is 6.04 Å². The van der Waals surface area contributed by atoms with Gasteiger partial charge in [-0.2, -0.15) is 0 Å². The number of benzene rings is 1. The fourth-order valence-electron chi connectivity index (χ4n) is 1.65. The van der Waals surface area contributed by atoms with Gasteiger partial charge in [0.25, 0.3) is 0 Å². The first kappa shape index (κ1) is 15.4. The van der Waals surface area contributed by atoms with Crippen LogP contribution in [-0.2, 0) is 0 Å². The van der Waals surface area contributed by atoms with Crippen LogP contribution in [-0.4, -0.2) is 50.9 Å². The molecule has 0 aromatic heterocycles. The van der Waals surface area contributed by atoms with Gasteiger partial charge in [0.05, 0.1) is 24.2 Å². The van der Waals surface area contributed by atoms with Crippen LogP contribution in [0.1, 0.15) is 11.6 Å². The lowest BCUT2D eigenvalue weighted by atomic mass is 10.1. The van der Waals surface area contributed by atoms with Crippen molar-refractivity contribution in [2.75, 3.05) is 40.9 Å². The largest absolute Gasteiger partial charge is 0.496 e. The third kappa shape index (κ3) is 4.57. The minimum Gasteiger partial charge on any atom is -0.496 e. The number of rotatable bonds is 7. The lowest BCUT2D eigenvalue weighted by molar-refractivity contribution is 0.240. The fraction of sp³-hybridized carbons (Fsp3) is 0.538. The molecule has 0 fully saturated rings. The highest BCUT2D eigenvalue weighted by Gasteiger charge is 2.11. The smallest absolute Gasteiger partial charge is 0.133 e. The summed E-state index contributed by atoms with van der Waals surface area (Å²) in [7, 11) is 5.69. The molecule has 1 rings (SSSR count). The topological polar surface area (TPSA) is 44.7 Å². The molecule has 5 heteroatoms. The Balaban J connectivity index is 2.67. The van der Waals surface area contributed by atoms with Crippen LogP contribution in [0.25, 0.3) is 0 Å². The molecule has 1 aromatic rings. The van der Waals surface area contributed by atoms with E-state index in [9.17, 15) is 5.11 Å². The first-order valence-electron chi connectivity index (χ1n) is 5.91. The van der Waals surface area contributed by atoms with E-state index in [1.165, 1.54) is 0 Å². The Morgan fingerprint density at radius 3 is 2.67 bits per heavy atom. The number of nitrogens with one attached hydrogen (secondary N) is 1. The zero-order valence-corrected chi connectivity index (χ0v) is 12.7. The minimum absolute atomic E-state index is 0.0489. The monoisotopic (exact) mass is 316 g/mol. The molecule has 0 bridgehead atoms. The first-order chi connectivity index (χ1) is 8.58. The van der Waals surface area contributed by atoms with Crippen molar-refractivity contribution in [1.82, 2.24) is 10.2 Å². The zero-order valence-electron chi connectivity index (χ0n) is 11.1. The van der Waals surface area contributed by atoms with Crippen LogP contribution in [0, 0.1) is 0 Å². The number of halogens is 1. The molecule has 4 nitrogen and oxygen atoms in total. The highest BCUT2D eigenvalue weighted by Crippen LogP contribution is 2.27. The van der Waals surface area contributed by atoms with Gasteiger partial charge in [0.1, 0.15) is 5.75 Å². The van der Waals surface area contributed by atoms with Crippen molar-refractivity contribution in [2.24, 2.45) is 0 Å². The standard InChI is InChI=1S/C13H21BrN2O2/c1-16(2)7-6-15-12(9-17)10-4-5-13(18-3)11(14)8-10/h4-5,8,12,15,17H,6-7,9H2,1-3H3. The molecule has 0 saturated heterocycles. The van der Waals surface area contributed by atoms with E-state index in [1.807, 2.05) is 32.3 Å². The number of aliphatic hydroxyl groups excluding tert-OH is 1. The molecule has 102 valence electrons. The van der Waals surface area contributed by atoms with Crippen molar-refractivity contribution < 1.29 is 9.84 Å². The second-order valence-electron chi connectivity index (χ2n) is 4.39. The highest BCUT2D eigenvalue weighted by atomic mass is 79.9. The van der Waals surface area contributed by atoms with Crippen molar-refractivity contribution in [1.29, 1.82) is 0 Å². The van der Waals surface area contributed by atoms with Crippen LogP contribution < -0.4 is 10.1 Å². The summed E-state index contributed by atoms with van der Waals surface area (Å²) >= 11 is 3.45. The molecule has 0 heterocycles. The van der Waals surface area contributed by atoms with Gasteiger partial charge in [0, 0.05) is 13.1 Å². The molecule has 1 atom stereocenters. The van der Waals surface area contributed by atoms with Gasteiger partial charge < -0.3 is 20.1 Å². The van der Waals surface area contributed by atoms with Crippen LogP contribution in [0.4, 0.5) is 0 Å². The van der Waals surface area contributed by atoms with Crippen LogP contribution in [0.3, 0.4) is 0 Å². The minimum atomic E-state index is -0.0489. The summed E-state index contributed by atoms with van der Waals surface area (Å²) in [5.74, 6) is 0.795. The molecule has 1 aromatic carbocycles. The van der Waals surface area contributed by atoms with Crippen LogP contribution in [0.5, 0.6) is 5.75 Å². The van der Waals surface area contributed by atoms with Crippen molar-refractivity contribution in [3.05, 3.63) is 28.2 Å². The Bertz CT molecular complexity index is 372. The number of hydrogen-bond donors (Lipinski definition) is 2. The quantitative estimate of drug-likeness (QED) is 0.803. The van der Waals surface area contributed by atoms with E-state index < -0.39 is 0 Å². The number of ether oxygens (including phenoxy) is 1. The predicted molar refractivity (Wildman–Crippen MR) is 77.1 cm³/mol. The maximum absolute atomic E-state index is 9.44. The van der Waals surface area contributed by atoms with Gasteiger partial charge in [-0.05, 0) is 47.7 Å². The average molecular weight is 317 g/mol. The molecule has 0 spiro atoms. The molecule has 0 aliphatic carbocycles. The number of methoxy groups -OCH3 is 1. The summed E-state index contributed by atoms with van der Waals surface area (Å²) in [5.41, 5.74) is 1.05. The lowest BCUT2D eigenvalue weighted by Crippen LogP contribution is -2.31. The van der Waals surface area contributed by atoms with Gasteiger partial charge in [0.2, 0.25) is 0 Å². The predicted octanol–water partition coefficient (Wildman–Crippen LogP) is 1.64. The second-order valence-corrected chi connectivity index (χ2v) is 5.24. The summed E-state index contributed by atoms with van der Waals surface area (Å²) in [4.78, 5) is 2.10. The molecule has 0 amide bonds. The van der Waals surface area contributed by atoms with Gasteiger partial charge in [0.15, 0.2) is 0 Å². The van der Waals surface area contributed by atoms with E-state index in [2.05, 4.69) is 26.1 Å². The molecular weight excluding hydrogens is 296 g/mol. The maximum atomic E-state index is 9.44. The highest BCUT2D eigenvalue weighted by molar-refractivity contribution is 9.10. The summed E-state index contributed by atoms with van der Waals surface area (Å²) in [6, 6.07) is 5.79. The van der Waals surface area contributed by atoms with Crippen LogP contribution in [0.2, 0.25) is 0 Å². The van der Waals surface area contributed by atoms with Gasteiger partial charge >= 0.3 is 0 Å². The maximum Gasteiger partial charge on any atom is 0.133 e. The molecule has 1 unspecified atom stereocenters. The van der Waals surface area contributed by atoms with Crippen molar-refractivity contribution in [3.63, 3.8) is 0 Å². The number of nitrogens with zero attached hydrogens (tertiary/aromatic N) is 1. The summed E-state index contributed by atoms with van der Waals surface area (Å²) < 4.78 is 6.09. The van der Waals surface area contributed by atoms with E-state index in [-0.39, 0.29) is 12.6 Å². The average Bonchev–Trinajstić information content (AvgIpc) is 2.34. The molecule has 0 saturated carbocycles. The van der Waals surface area contributed by atoms with E-state index in [0.717, 1.165) is 28.9 Å². The van der Waals surface area contributed by atoms with Gasteiger partial charge in [-0.15, -0.1) is 0 Å². The van der Waals surface area contributed by atoms with E-state index >= 15 is 0 Å². The van der Waals surface area contributed by atoms with Gasteiger partial charge in [-0.1, -0.05) is 6.07 Å². The van der Waals surface area contributed by atoms with Crippen molar-refractivity contribution in [3.8, 4) is 5.75 Å². The van der Waals surface area contributed by atoms with Crippen LogP contribution in [0.15, 0.2) is 22.7 Å². The Morgan fingerprint density at radius 1 is 1.44 bits per heavy atom. The molecule has 2 N–H and O–H groups in total. The number of likely N-dealkylation sites (N-methyl/N-ethyl adjacent to an activating group) is 1. The fourth-order valence-corrected chi connectivity index (χ4v) is 2.21. The molecular formula is C13H21BrN2O2. The summed E-state index contributed by atoms with van der Waals surface area (Å²) in [6.07, 6.45) is 0. The second kappa shape index (κ2) is 7.74. The van der Waals surface area contributed by atoms with Gasteiger partial charge in [-0.25, -0.2) is 0 Å². The molecule has 0 aliphatic heterocycles. The Morgan fingerprint density at radius 2 is 2.17 bits per heavy atom. The van der Waals surface area contributed by atoms with Crippen LogP contribution >= 0.6 is 15.9 Å².